The highest BCUT2D eigenvalue weighted by molar-refractivity contribution is 6.34. The largest absolute Gasteiger partial charge is 0.273 e. The van der Waals surface area contributed by atoms with Crippen molar-refractivity contribution >= 4 is 23.5 Å². The van der Waals surface area contributed by atoms with Gasteiger partial charge in [0.1, 0.15) is 0 Å². The highest BCUT2D eigenvalue weighted by Gasteiger charge is 2.55. The van der Waals surface area contributed by atoms with E-state index in [1.54, 1.807) is 6.07 Å². The van der Waals surface area contributed by atoms with Gasteiger partial charge in [0.2, 0.25) is 5.95 Å². The van der Waals surface area contributed by atoms with E-state index < -0.39 is 0 Å². The summed E-state index contributed by atoms with van der Waals surface area (Å²) < 4.78 is 2.17. The predicted molar refractivity (Wildman–Crippen MR) is 114 cm³/mol. The Morgan fingerprint density at radius 3 is 2.66 bits per heavy atom. The lowest BCUT2D eigenvalue weighted by atomic mass is 9.64. The zero-order chi connectivity index (χ0) is 20.0. The molecular weight excluding hydrogens is 384 g/mol. The van der Waals surface area contributed by atoms with Gasteiger partial charge in [-0.05, 0) is 37.8 Å². The number of aryl methyl sites for hydroxylation is 1. The van der Waals surface area contributed by atoms with Crippen LogP contribution in [-0.2, 0) is 12.0 Å². The van der Waals surface area contributed by atoms with Gasteiger partial charge < -0.3 is 0 Å². The molecule has 5 nitrogen and oxygen atoms in total. The van der Waals surface area contributed by atoms with Crippen molar-refractivity contribution in [1.29, 1.82) is 0 Å². The second-order valence-electron chi connectivity index (χ2n) is 8.87. The zero-order valence-corrected chi connectivity index (χ0v) is 17.9. The first-order valence-corrected chi connectivity index (χ1v) is 11.6. The van der Waals surface area contributed by atoms with Gasteiger partial charge in [0.05, 0.1) is 16.1 Å². The van der Waals surface area contributed by atoms with Crippen molar-refractivity contribution in [2.75, 3.05) is 4.90 Å². The third-order valence-electron chi connectivity index (χ3n) is 7.38. The van der Waals surface area contributed by atoms with Crippen LogP contribution in [0.4, 0.5) is 5.95 Å². The maximum absolute atomic E-state index is 13.8. The molecule has 2 heterocycles. The smallest absolute Gasteiger partial charge is 0.262 e. The number of benzene rings is 1. The van der Waals surface area contributed by atoms with Crippen LogP contribution < -0.4 is 4.90 Å². The lowest BCUT2D eigenvalue weighted by molar-refractivity contribution is 0.0311. The number of fused-ring (bicyclic) bond motifs is 4. The summed E-state index contributed by atoms with van der Waals surface area (Å²) in [5.74, 6) is 1.99. The van der Waals surface area contributed by atoms with E-state index in [0.29, 0.717) is 16.5 Å². The summed E-state index contributed by atoms with van der Waals surface area (Å²) in [7, 11) is 0. The van der Waals surface area contributed by atoms with Gasteiger partial charge in [0.15, 0.2) is 5.82 Å². The predicted octanol–water partition coefficient (Wildman–Crippen LogP) is 5.37. The number of anilines is 1. The van der Waals surface area contributed by atoms with E-state index in [9.17, 15) is 4.79 Å². The Hall–Kier alpha value is -1.88. The first-order chi connectivity index (χ1) is 14.2. The van der Waals surface area contributed by atoms with Gasteiger partial charge in [0, 0.05) is 18.4 Å². The molecule has 154 valence electrons. The van der Waals surface area contributed by atoms with Crippen LogP contribution >= 0.6 is 11.6 Å². The fourth-order valence-electron chi connectivity index (χ4n) is 6.05. The summed E-state index contributed by atoms with van der Waals surface area (Å²) >= 11 is 6.42. The van der Waals surface area contributed by atoms with E-state index in [1.807, 2.05) is 23.1 Å². The highest BCUT2D eigenvalue weighted by atomic mass is 35.5. The van der Waals surface area contributed by atoms with Gasteiger partial charge >= 0.3 is 0 Å². The fourth-order valence-corrected chi connectivity index (χ4v) is 6.27. The maximum Gasteiger partial charge on any atom is 0.262 e. The third kappa shape index (κ3) is 2.92. The summed E-state index contributed by atoms with van der Waals surface area (Å²) in [6.07, 6.45) is 11.5. The highest BCUT2D eigenvalue weighted by Crippen LogP contribution is 2.53. The van der Waals surface area contributed by atoms with Gasteiger partial charge in [-0.15, -0.1) is 0 Å². The quantitative estimate of drug-likeness (QED) is 0.665. The minimum absolute atomic E-state index is 0.0242. The number of nitrogens with zero attached hydrogens (tertiary/aromatic N) is 4. The molecule has 0 bridgehead atoms. The van der Waals surface area contributed by atoms with Crippen molar-refractivity contribution in [1.82, 2.24) is 14.8 Å². The SMILES string of the molecule is CCc1nc2n(n1)C1(CCCCC1)[C@@H]1CCCC[C@@H]1N2C(=O)c1ccccc1Cl. The molecule has 1 aliphatic heterocycles. The molecule has 6 heteroatoms. The van der Waals surface area contributed by atoms with Crippen LogP contribution in [0.3, 0.4) is 0 Å². The molecule has 1 aromatic carbocycles. The summed E-state index contributed by atoms with van der Waals surface area (Å²) in [6, 6.07) is 7.56. The van der Waals surface area contributed by atoms with Crippen molar-refractivity contribution in [3.05, 3.63) is 40.7 Å². The van der Waals surface area contributed by atoms with Crippen LogP contribution in [-0.4, -0.2) is 26.7 Å². The van der Waals surface area contributed by atoms with Crippen LogP contribution in [0.5, 0.6) is 0 Å². The lowest BCUT2D eigenvalue weighted by Crippen LogP contribution is -2.61. The molecule has 0 saturated heterocycles. The normalized spacial score (nSPS) is 25.5. The number of hydrogen-bond donors (Lipinski definition) is 0. The maximum atomic E-state index is 13.8. The molecule has 1 spiro atoms. The molecule has 0 radical (unpaired) electrons. The van der Waals surface area contributed by atoms with E-state index in [2.05, 4.69) is 11.6 Å². The van der Waals surface area contributed by atoms with Crippen molar-refractivity contribution in [3.63, 3.8) is 0 Å². The molecule has 0 unspecified atom stereocenters. The van der Waals surface area contributed by atoms with Crippen LogP contribution in [0.15, 0.2) is 24.3 Å². The number of amides is 1. The van der Waals surface area contributed by atoms with E-state index in [-0.39, 0.29) is 17.5 Å². The van der Waals surface area contributed by atoms with Gasteiger partial charge in [-0.1, -0.05) is 62.8 Å². The zero-order valence-electron chi connectivity index (χ0n) is 17.1. The average Bonchev–Trinajstić information content (AvgIpc) is 3.20. The first kappa shape index (κ1) is 19.1. The van der Waals surface area contributed by atoms with Crippen molar-refractivity contribution in [3.8, 4) is 0 Å². The van der Waals surface area contributed by atoms with Crippen LogP contribution in [0.2, 0.25) is 5.02 Å². The monoisotopic (exact) mass is 412 g/mol. The Balaban J connectivity index is 1.68. The molecule has 2 aromatic rings. The molecule has 3 aliphatic rings. The Labute approximate surface area is 177 Å². The molecule has 29 heavy (non-hydrogen) atoms. The second kappa shape index (κ2) is 7.42. The van der Waals surface area contributed by atoms with Crippen LogP contribution in [0.25, 0.3) is 0 Å². The van der Waals surface area contributed by atoms with Crippen LogP contribution in [0.1, 0.15) is 80.9 Å². The number of carbonyl (C=O) groups excluding carboxylic acids is 1. The Bertz CT molecular complexity index is 917. The first-order valence-electron chi connectivity index (χ1n) is 11.2. The summed E-state index contributed by atoms with van der Waals surface area (Å²) in [5.41, 5.74) is 0.585. The average molecular weight is 413 g/mol. The molecule has 0 N–H and O–H groups in total. The van der Waals surface area contributed by atoms with E-state index in [1.165, 1.54) is 32.1 Å². The van der Waals surface area contributed by atoms with Crippen molar-refractivity contribution < 1.29 is 4.79 Å². The molecule has 2 atom stereocenters. The van der Waals surface area contributed by atoms with Crippen LogP contribution in [0, 0.1) is 5.92 Å². The molecule has 5 rings (SSSR count). The molecular formula is C23H29ClN4O. The van der Waals surface area contributed by atoms with E-state index in [4.69, 9.17) is 21.7 Å². The van der Waals surface area contributed by atoms with Gasteiger partial charge in [-0.3, -0.25) is 9.69 Å². The number of aromatic nitrogens is 3. The van der Waals surface area contributed by atoms with E-state index >= 15 is 0 Å². The number of rotatable bonds is 2. The fraction of sp³-hybridized carbons (Fsp3) is 0.609. The lowest BCUT2D eigenvalue weighted by Gasteiger charge is -2.55. The molecule has 2 fully saturated rings. The Kier molecular flexibility index (Phi) is 4.89. The molecule has 1 aromatic heterocycles. The minimum atomic E-state index is -0.0329. The molecule has 2 saturated carbocycles. The molecule has 2 aliphatic carbocycles. The Morgan fingerprint density at radius 1 is 1.14 bits per heavy atom. The second-order valence-corrected chi connectivity index (χ2v) is 9.28. The van der Waals surface area contributed by atoms with E-state index in [0.717, 1.165) is 43.9 Å². The number of hydrogen-bond acceptors (Lipinski definition) is 3. The summed E-state index contributed by atoms with van der Waals surface area (Å²) in [5, 5.41) is 5.47. The van der Waals surface area contributed by atoms with Gasteiger partial charge in [0.25, 0.3) is 5.91 Å². The summed E-state index contributed by atoms with van der Waals surface area (Å²) in [4.78, 5) is 20.6. The third-order valence-corrected chi connectivity index (χ3v) is 7.71. The van der Waals surface area contributed by atoms with Crippen molar-refractivity contribution in [2.24, 2.45) is 5.92 Å². The number of carbonyl (C=O) groups is 1. The minimum Gasteiger partial charge on any atom is -0.273 e. The van der Waals surface area contributed by atoms with Gasteiger partial charge in [-0.2, -0.15) is 10.1 Å². The van der Waals surface area contributed by atoms with Crippen molar-refractivity contribution in [2.45, 2.75) is 82.7 Å². The van der Waals surface area contributed by atoms with Gasteiger partial charge in [-0.25, -0.2) is 4.68 Å². The standard InChI is InChI=1S/C23H29ClN4O/c1-2-20-25-22-27(21(29)16-10-4-6-12-18(16)24)19-13-7-5-11-17(19)23(28(22)26-20)14-8-3-9-15-23/h4,6,10,12,17,19H,2-3,5,7-9,11,13-15H2,1H3/t17-,19+/m1/s1. The summed E-state index contributed by atoms with van der Waals surface area (Å²) in [6.45, 7) is 2.09. The molecule has 1 amide bonds. The number of halogens is 1. The Morgan fingerprint density at radius 2 is 1.90 bits per heavy atom. The topological polar surface area (TPSA) is 51.0 Å².